The Morgan fingerprint density at radius 2 is 1.85 bits per heavy atom. The molecule has 1 aliphatic heterocycles. The maximum atomic E-state index is 6.09. The highest BCUT2D eigenvalue weighted by Crippen LogP contribution is 2.19. The van der Waals surface area contributed by atoms with Gasteiger partial charge in [0.2, 0.25) is 0 Å². The molecular formula is C21H27N3O2S. The van der Waals surface area contributed by atoms with Crippen LogP contribution in [0.5, 0.6) is 11.5 Å². The molecule has 0 atom stereocenters. The highest BCUT2D eigenvalue weighted by Gasteiger charge is 2.17. The van der Waals surface area contributed by atoms with Crippen molar-refractivity contribution in [3.05, 3.63) is 54.1 Å². The van der Waals surface area contributed by atoms with Crippen LogP contribution in [0, 0.1) is 0 Å². The average Bonchev–Trinajstić information content (AvgIpc) is 2.69. The van der Waals surface area contributed by atoms with Gasteiger partial charge in [0.05, 0.1) is 7.11 Å². The summed E-state index contributed by atoms with van der Waals surface area (Å²) in [5, 5.41) is 6.97. The third-order valence-corrected chi connectivity index (χ3v) is 4.92. The number of anilines is 1. The zero-order valence-corrected chi connectivity index (χ0v) is 16.7. The maximum absolute atomic E-state index is 6.09. The Hall–Kier alpha value is -2.31. The predicted molar refractivity (Wildman–Crippen MR) is 114 cm³/mol. The quantitative estimate of drug-likeness (QED) is 0.740. The number of nitrogens with zero attached hydrogens (tertiary/aromatic N) is 1. The average molecular weight is 386 g/mol. The van der Waals surface area contributed by atoms with Gasteiger partial charge in [-0.2, -0.15) is 0 Å². The summed E-state index contributed by atoms with van der Waals surface area (Å²) in [6.07, 6.45) is 2.50. The molecule has 0 bridgehead atoms. The Kier molecular flexibility index (Phi) is 6.90. The molecule has 2 aromatic rings. The standard InChI is InChI=1S/C21H27N3O2S/c1-24-12-10-19(11-13-24)26-18-8-6-16(7-9-18)15-22-21(27)23-17-4-3-5-20(14-17)25-2/h3-9,14,19H,10-13,15H2,1-2H3,(H2,22,23,27). The van der Waals surface area contributed by atoms with Gasteiger partial charge in [-0.15, -0.1) is 0 Å². The summed E-state index contributed by atoms with van der Waals surface area (Å²) in [5.74, 6) is 1.73. The van der Waals surface area contributed by atoms with E-state index in [0.717, 1.165) is 48.7 Å². The van der Waals surface area contributed by atoms with Crippen molar-refractivity contribution in [1.29, 1.82) is 0 Å². The van der Waals surface area contributed by atoms with E-state index in [1.54, 1.807) is 7.11 Å². The van der Waals surface area contributed by atoms with Gasteiger partial charge in [-0.1, -0.05) is 18.2 Å². The second-order valence-corrected chi connectivity index (χ2v) is 7.21. The molecule has 3 rings (SSSR count). The number of nitrogens with one attached hydrogen (secondary N) is 2. The number of ether oxygens (including phenoxy) is 2. The van der Waals surface area contributed by atoms with Crippen LogP contribution in [-0.4, -0.2) is 43.4 Å². The molecule has 0 amide bonds. The first-order valence-electron chi connectivity index (χ1n) is 9.25. The molecule has 2 aromatic carbocycles. The Labute approximate surface area is 166 Å². The fourth-order valence-electron chi connectivity index (χ4n) is 3.04. The topological polar surface area (TPSA) is 45.8 Å². The van der Waals surface area contributed by atoms with Crippen molar-refractivity contribution in [3.8, 4) is 11.5 Å². The second kappa shape index (κ2) is 9.58. The number of rotatable bonds is 6. The van der Waals surface area contributed by atoms with Crippen molar-refractivity contribution >= 4 is 23.0 Å². The lowest BCUT2D eigenvalue weighted by Gasteiger charge is -2.29. The van der Waals surface area contributed by atoms with Crippen LogP contribution in [0.1, 0.15) is 18.4 Å². The molecule has 0 aliphatic carbocycles. The Bertz CT molecular complexity index is 743. The van der Waals surface area contributed by atoms with E-state index in [9.17, 15) is 0 Å². The largest absolute Gasteiger partial charge is 0.497 e. The highest BCUT2D eigenvalue weighted by atomic mass is 32.1. The monoisotopic (exact) mass is 385 g/mol. The highest BCUT2D eigenvalue weighted by molar-refractivity contribution is 7.80. The third-order valence-electron chi connectivity index (χ3n) is 4.67. The van der Waals surface area contributed by atoms with Gasteiger partial charge in [0.1, 0.15) is 17.6 Å². The van der Waals surface area contributed by atoms with Crippen LogP contribution in [0.4, 0.5) is 5.69 Å². The number of hydrogen-bond donors (Lipinski definition) is 2. The number of hydrogen-bond acceptors (Lipinski definition) is 4. The molecule has 0 radical (unpaired) electrons. The first kappa shape index (κ1) is 19.5. The number of methoxy groups -OCH3 is 1. The molecule has 1 aliphatic rings. The van der Waals surface area contributed by atoms with Crippen molar-refractivity contribution < 1.29 is 9.47 Å². The number of thiocarbonyl (C=S) groups is 1. The summed E-state index contributed by atoms with van der Waals surface area (Å²) in [6.45, 7) is 2.86. The van der Waals surface area contributed by atoms with Crippen LogP contribution in [-0.2, 0) is 6.54 Å². The SMILES string of the molecule is COc1cccc(NC(=S)NCc2ccc(OC3CCN(C)CC3)cc2)c1. The van der Waals surface area contributed by atoms with E-state index in [2.05, 4.69) is 34.7 Å². The molecule has 6 heteroatoms. The molecule has 0 saturated carbocycles. The van der Waals surface area contributed by atoms with Crippen molar-refractivity contribution in [3.63, 3.8) is 0 Å². The van der Waals surface area contributed by atoms with Crippen molar-refractivity contribution in [2.45, 2.75) is 25.5 Å². The Balaban J connectivity index is 1.44. The Morgan fingerprint density at radius 1 is 1.11 bits per heavy atom. The molecule has 0 aromatic heterocycles. The molecule has 27 heavy (non-hydrogen) atoms. The van der Waals surface area contributed by atoms with E-state index < -0.39 is 0 Å². The third kappa shape index (κ3) is 6.12. The summed E-state index contributed by atoms with van der Waals surface area (Å²) in [7, 11) is 3.81. The van der Waals surface area contributed by atoms with Gasteiger partial charge in [-0.05, 0) is 61.9 Å². The smallest absolute Gasteiger partial charge is 0.171 e. The number of likely N-dealkylation sites (tertiary alicyclic amines) is 1. The van der Waals surface area contributed by atoms with Gasteiger partial charge in [-0.25, -0.2) is 0 Å². The Morgan fingerprint density at radius 3 is 2.56 bits per heavy atom. The lowest BCUT2D eigenvalue weighted by Crippen LogP contribution is -2.35. The molecular weight excluding hydrogens is 358 g/mol. The van der Waals surface area contributed by atoms with Crippen LogP contribution < -0.4 is 20.1 Å². The summed E-state index contributed by atoms with van der Waals surface area (Å²) in [6, 6.07) is 15.9. The molecule has 1 fully saturated rings. The molecule has 0 spiro atoms. The molecule has 1 heterocycles. The van der Waals surface area contributed by atoms with Crippen LogP contribution in [0.3, 0.4) is 0 Å². The maximum Gasteiger partial charge on any atom is 0.171 e. The summed E-state index contributed by atoms with van der Waals surface area (Å²) in [4.78, 5) is 2.34. The lowest BCUT2D eigenvalue weighted by atomic mass is 10.1. The van der Waals surface area contributed by atoms with Crippen LogP contribution >= 0.6 is 12.2 Å². The van der Waals surface area contributed by atoms with Gasteiger partial charge >= 0.3 is 0 Å². The fourth-order valence-corrected chi connectivity index (χ4v) is 3.23. The molecule has 2 N–H and O–H groups in total. The number of benzene rings is 2. The normalized spacial score (nSPS) is 15.2. The van der Waals surface area contributed by atoms with Crippen LogP contribution in [0.15, 0.2) is 48.5 Å². The predicted octanol–water partition coefficient (Wildman–Crippen LogP) is 3.65. The summed E-state index contributed by atoms with van der Waals surface area (Å²) < 4.78 is 11.3. The van der Waals surface area contributed by atoms with Crippen molar-refractivity contribution in [1.82, 2.24) is 10.2 Å². The second-order valence-electron chi connectivity index (χ2n) is 6.80. The summed E-state index contributed by atoms with van der Waals surface area (Å²) in [5.41, 5.74) is 2.05. The molecule has 0 unspecified atom stereocenters. The van der Waals surface area contributed by atoms with Gasteiger partial charge < -0.3 is 25.0 Å². The lowest BCUT2D eigenvalue weighted by molar-refractivity contribution is 0.114. The minimum absolute atomic E-state index is 0.324. The number of piperidine rings is 1. The van der Waals surface area contributed by atoms with Gasteiger partial charge in [-0.3, -0.25) is 0 Å². The summed E-state index contributed by atoms with van der Waals surface area (Å²) >= 11 is 5.37. The minimum Gasteiger partial charge on any atom is -0.497 e. The van der Waals surface area contributed by atoms with Gasteiger partial charge in [0.15, 0.2) is 5.11 Å². The fraction of sp³-hybridized carbons (Fsp3) is 0.381. The molecule has 144 valence electrons. The van der Waals surface area contributed by atoms with E-state index in [0.29, 0.717) is 17.8 Å². The van der Waals surface area contributed by atoms with E-state index in [4.69, 9.17) is 21.7 Å². The van der Waals surface area contributed by atoms with Crippen molar-refractivity contribution in [2.75, 3.05) is 32.6 Å². The van der Waals surface area contributed by atoms with Crippen LogP contribution in [0.2, 0.25) is 0 Å². The zero-order valence-electron chi connectivity index (χ0n) is 15.9. The minimum atomic E-state index is 0.324. The van der Waals surface area contributed by atoms with Crippen molar-refractivity contribution in [2.24, 2.45) is 0 Å². The molecule has 5 nitrogen and oxygen atoms in total. The first-order chi connectivity index (χ1) is 13.1. The molecule has 1 saturated heterocycles. The van der Waals surface area contributed by atoms with E-state index in [1.807, 2.05) is 36.4 Å². The van der Waals surface area contributed by atoms with E-state index in [-0.39, 0.29) is 0 Å². The first-order valence-corrected chi connectivity index (χ1v) is 9.66. The van der Waals surface area contributed by atoms with Gasteiger partial charge in [0, 0.05) is 31.4 Å². The van der Waals surface area contributed by atoms with Gasteiger partial charge in [0.25, 0.3) is 0 Å². The van der Waals surface area contributed by atoms with E-state index >= 15 is 0 Å². The zero-order chi connectivity index (χ0) is 19.1. The van der Waals surface area contributed by atoms with Crippen LogP contribution in [0.25, 0.3) is 0 Å². The van der Waals surface area contributed by atoms with E-state index in [1.165, 1.54) is 0 Å².